The maximum absolute atomic E-state index is 13.2. The van der Waals surface area contributed by atoms with Crippen LogP contribution in [0.15, 0.2) is 54.7 Å². The maximum Gasteiger partial charge on any atom is 0.268 e. The molecule has 0 saturated carbocycles. The number of nitrogens with one attached hydrogen (secondary N) is 1. The number of benzene rings is 2. The van der Waals surface area contributed by atoms with E-state index in [-0.39, 0.29) is 5.91 Å². The van der Waals surface area contributed by atoms with E-state index >= 15 is 0 Å². The number of aliphatic hydroxyl groups is 1. The van der Waals surface area contributed by atoms with E-state index in [0.717, 1.165) is 16.6 Å². The summed E-state index contributed by atoms with van der Waals surface area (Å²) in [6.07, 6.45) is 1.75. The first-order valence-electron chi connectivity index (χ1n) is 8.24. The van der Waals surface area contributed by atoms with Crippen molar-refractivity contribution in [2.45, 2.75) is 19.4 Å². The summed E-state index contributed by atoms with van der Waals surface area (Å²) >= 11 is 0. The molecule has 0 radical (unpaired) electrons. The third kappa shape index (κ3) is 1.93. The Morgan fingerprint density at radius 3 is 2.58 bits per heavy atom. The summed E-state index contributed by atoms with van der Waals surface area (Å²) in [5.41, 5.74) is 1.32. The molecule has 1 unspecified atom stereocenters. The van der Waals surface area contributed by atoms with Crippen LogP contribution < -0.4 is 4.90 Å². The summed E-state index contributed by atoms with van der Waals surface area (Å²) in [6.45, 7) is 4.72. The second-order valence-corrected chi connectivity index (χ2v) is 6.79. The van der Waals surface area contributed by atoms with Gasteiger partial charge in [-0.25, -0.2) is 0 Å². The number of H-pyrrole nitrogens is 1. The predicted molar refractivity (Wildman–Crippen MR) is 94.9 cm³/mol. The molecule has 4 heteroatoms. The number of aromatic nitrogens is 1. The SMILES string of the molecule is CC(C)CN1C(=O)C(O)(c2c[nH]c3ccccc23)c2ccccc21. The van der Waals surface area contributed by atoms with Crippen molar-refractivity contribution >= 4 is 22.5 Å². The first-order valence-corrected chi connectivity index (χ1v) is 8.24. The summed E-state index contributed by atoms with van der Waals surface area (Å²) in [7, 11) is 0. The second-order valence-electron chi connectivity index (χ2n) is 6.79. The first kappa shape index (κ1) is 15.0. The quantitative estimate of drug-likeness (QED) is 0.777. The molecule has 1 aliphatic rings. The van der Waals surface area contributed by atoms with Crippen molar-refractivity contribution in [3.63, 3.8) is 0 Å². The van der Waals surface area contributed by atoms with Gasteiger partial charge in [-0.3, -0.25) is 4.79 Å². The number of fused-ring (bicyclic) bond motifs is 2. The van der Waals surface area contributed by atoms with Gasteiger partial charge in [-0.2, -0.15) is 0 Å². The van der Waals surface area contributed by atoms with Gasteiger partial charge < -0.3 is 15.0 Å². The van der Waals surface area contributed by atoms with Crippen LogP contribution in [-0.4, -0.2) is 22.5 Å². The van der Waals surface area contributed by atoms with Gasteiger partial charge in [-0.1, -0.05) is 50.2 Å². The molecule has 122 valence electrons. The summed E-state index contributed by atoms with van der Waals surface area (Å²) in [5.74, 6) is 0.0366. The van der Waals surface area contributed by atoms with Gasteiger partial charge in [-0.15, -0.1) is 0 Å². The highest BCUT2D eigenvalue weighted by Crippen LogP contribution is 2.46. The van der Waals surface area contributed by atoms with Crippen molar-refractivity contribution in [2.75, 3.05) is 11.4 Å². The fourth-order valence-corrected chi connectivity index (χ4v) is 3.61. The minimum absolute atomic E-state index is 0.276. The summed E-state index contributed by atoms with van der Waals surface area (Å²) < 4.78 is 0. The van der Waals surface area contributed by atoms with E-state index in [9.17, 15) is 9.90 Å². The van der Waals surface area contributed by atoms with E-state index in [2.05, 4.69) is 18.8 Å². The van der Waals surface area contributed by atoms with Gasteiger partial charge in [0.25, 0.3) is 5.91 Å². The van der Waals surface area contributed by atoms with Gasteiger partial charge in [0, 0.05) is 34.8 Å². The van der Waals surface area contributed by atoms with Gasteiger partial charge in [-0.05, 0) is 18.1 Å². The molecule has 0 fully saturated rings. The van der Waals surface area contributed by atoms with Crippen LogP contribution in [0, 0.1) is 5.92 Å². The third-order valence-electron chi connectivity index (χ3n) is 4.67. The highest BCUT2D eigenvalue weighted by molar-refractivity contribution is 6.11. The number of hydrogen-bond acceptors (Lipinski definition) is 2. The fourth-order valence-electron chi connectivity index (χ4n) is 3.61. The Labute approximate surface area is 140 Å². The van der Waals surface area contributed by atoms with Crippen LogP contribution in [0.5, 0.6) is 0 Å². The Morgan fingerprint density at radius 1 is 1.08 bits per heavy atom. The third-order valence-corrected chi connectivity index (χ3v) is 4.67. The molecule has 24 heavy (non-hydrogen) atoms. The highest BCUT2D eigenvalue weighted by Gasteiger charge is 2.51. The van der Waals surface area contributed by atoms with Crippen molar-refractivity contribution in [1.82, 2.24) is 4.98 Å². The molecule has 2 aromatic carbocycles. The van der Waals surface area contributed by atoms with Gasteiger partial charge >= 0.3 is 0 Å². The van der Waals surface area contributed by atoms with Crippen LogP contribution in [0.25, 0.3) is 10.9 Å². The Bertz CT molecular complexity index is 928. The van der Waals surface area contributed by atoms with E-state index < -0.39 is 5.60 Å². The Hall–Kier alpha value is -2.59. The van der Waals surface area contributed by atoms with Gasteiger partial charge in [0.1, 0.15) is 0 Å². The molecular formula is C20H20N2O2. The smallest absolute Gasteiger partial charge is 0.268 e. The van der Waals surface area contributed by atoms with E-state index in [1.165, 1.54) is 0 Å². The van der Waals surface area contributed by atoms with Crippen molar-refractivity contribution in [3.05, 3.63) is 65.9 Å². The summed E-state index contributed by atoms with van der Waals surface area (Å²) in [5, 5.41) is 12.4. The molecule has 1 amide bonds. The number of carbonyl (C=O) groups is 1. The molecule has 4 rings (SSSR count). The molecule has 0 aliphatic carbocycles. The van der Waals surface area contributed by atoms with Gasteiger partial charge in [0.2, 0.25) is 0 Å². The minimum atomic E-state index is -1.65. The molecule has 3 aromatic rings. The molecule has 0 saturated heterocycles. The first-order chi connectivity index (χ1) is 11.5. The number of carbonyl (C=O) groups excluding carboxylic acids is 1. The zero-order chi connectivity index (χ0) is 16.9. The van der Waals surface area contributed by atoms with Crippen molar-refractivity contribution in [3.8, 4) is 0 Å². The molecule has 0 spiro atoms. The van der Waals surface area contributed by atoms with Crippen LogP contribution in [-0.2, 0) is 10.4 Å². The predicted octanol–water partition coefficient (Wildman–Crippen LogP) is 3.41. The lowest BCUT2D eigenvalue weighted by molar-refractivity contribution is -0.132. The zero-order valence-corrected chi connectivity index (χ0v) is 13.8. The fraction of sp³-hybridized carbons (Fsp3) is 0.250. The van der Waals surface area contributed by atoms with Crippen molar-refractivity contribution < 1.29 is 9.90 Å². The van der Waals surface area contributed by atoms with Crippen LogP contribution in [0.1, 0.15) is 25.0 Å². The monoisotopic (exact) mass is 320 g/mol. The lowest BCUT2D eigenvalue weighted by Crippen LogP contribution is -2.42. The molecule has 4 nitrogen and oxygen atoms in total. The number of rotatable bonds is 3. The van der Waals surface area contributed by atoms with Crippen molar-refractivity contribution in [2.24, 2.45) is 5.92 Å². The van der Waals surface area contributed by atoms with Crippen LogP contribution in [0.4, 0.5) is 5.69 Å². The number of anilines is 1. The zero-order valence-electron chi connectivity index (χ0n) is 13.8. The number of amides is 1. The normalized spacial score (nSPS) is 20.2. The second kappa shape index (κ2) is 5.21. The Kier molecular flexibility index (Phi) is 3.25. The average molecular weight is 320 g/mol. The van der Waals surface area contributed by atoms with Crippen LogP contribution in [0.3, 0.4) is 0 Å². The summed E-state index contributed by atoms with van der Waals surface area (Å²) in [4.78, 5) is 18.1. The summed E-state index contributed by atoms with van der Waals surface area (Å²) in [6, 6.07) is 15.2. The van der Waals surface area contributed by atoms with Crippen LogP contribution >= 0.6 is 0 Å². The molecule has 1 atom stereocenters. The molecule has 1 aliphatic heterocycles. The largest absolute Gasteiger partial charge is 0.372 e. The minimum Gasteiger partial charge on any atom is -0.372 e. The number of nitrogens with zero attached hydrogens (tertiary/aromatic N) is 1. The van der Waals surface area contributed by atoms with Crippen molar-refractivity contribution in [1.29, 1.82) is 0 Å². The maximum atomic E-state index is 13.2. The number of hydrogen-bond donors (Lipinski definition) is 2. The van der Waals surface area contributed by atoms with E-state index in [0.29, 0.717) is 23.6 Å². The topological polar surface area (TPSA) is 56.3 Å². The number of para-hydroxylation sites is 2. The molecule has 1 aromatic heterocycles. The standard InChI is InChI=1S/C20H20N2O2/c1-13(2)12-22-18-10-6-4-8-15(18)20(24,19(22)23)16-11-21-17-9-5-3-7-14(16)17/h3-11,13,21,24H,12H2,1-2H3. The Morgan fingerprint density at radius 2 is 1.79 bits per heavy atom. The number of aromatic amines is 1. The van der Waals surface area contributed by atoms with E-state index in [4.69, 9.17) is 0 Å². The molecule has 0 bridgehead atoms. The van der Waals surface area contributed by atoms with Gasteiger partial charge in [0.15, 0.2) is 5.60 Å². The van der Waals surface area contributed by atoms with Crippen LogP contribution in [0.2, 0.25) is 0 Å². The highest BCUT2D eigenvalue weighted by atomic mass is 16.3. The average Bonchev–Trinajstić information content (AvgIpc) is 3.10. The lowest BCUT2D eigenvalue weighted by atomic mass is 9.87. The van der Waals surface area contributed by atoms with E-state index in [1.807, 2.05) is 48.5 Å². The van der Waals surface area contributed by atoms with E-state index in [1.54, 1.807) is 11.1 Å². The lowest BCUT2D eigenvalue weighted by Gasteiger charge is -2.24. The molecule has 2 N–H and O–H groups in total. The molecular weight excluding hydrogens is 300 g/mol. The van der Waals surface area contributed by atoms with Gasteiger partial charge in [0.05, 0.1) is 5.69 Å². The Balaban J connectivity index is 1.95. The molecule has 2 heterocycles.